The highest BCUT2D eigenvalue weighted by molar-refractivity contribution is 5.82. The van der Waals surface area contributed by atoms with Gasteiger partial charge in [-0.2, -0.15) is 0 Å². The molecule has 86 valence electrons. The van der Waals surface area contributed by atoms with Gasteiger partial charge in [-0.15, -0.1) is 0 Å². The first-order valence-electron chi connectivity index (χ1n) is 4.95. The molecule has 0 heterocycles. The van der Waals surface area contributed by atoms with Crippen molar-refractivity contribution in [1.82, 2.24) is 0 Å². The Labute approximate surface area is 88.4 Å². The van der Waals surface area contributed by atoms with Crippen LogP contribution in [0.25, 0.3) is 0 Å². The zero-order chi connectivity index (χ0) is 11.4. The molecule has 1 rings (SSSR count). The summed E-state index contributed by atoms with van der Waals surface area (Å²) in [5.74, 6) is -2.36. The molecule has 15 heavy (non-hydrogen) atoms. The maximum Gasteiger partial charge on any atom is 0.312 e. The third-order valence-corrected chi connectivity index (χ3v) is 2.84. The Morgan fingerprint density at radius 3 is 2.27 bits per heavy atom. The quantitative estimate of drug-likeness (QED) is 0.663. The van der Waals surface area contributed by atoms with E-state index in [1.165, 1.54) is 14.2 Å². The van der Waals surface area contributed by atoms with Gasteiger partial charge in [-0.1, -0.05) is 0 Å². The van der Waals surface area contributed by atoms with Crippen molar-refractivity contribution in [2.75, 3.05) is 14.2 Å². The fourth-order valence-corrected chi connectivity index (χ4v) is 2.05. The number of hydrogen-bond acceptors (Lipinski definition) is 5. The first-order valence-corrected chi connectivity index (χ1v) is 4.95. The second kappa shape index (κ2) is 5.11. The third kappa shape index (κ3) is 2.47. The summed E-state index contributed by atoms with van der Waals surface area (Å²) in [5, 5.41) is 9.68. The molecule has 0 amide bonds. The number of rotatable bonds is 2. The molecule has 0 aromatic heterocycles. The van der Waals surface area contributed by atoms with Crippen molar-refractivity contribution in [3.8, 4) is 0 Å². The van der Waals surface area contributed by atoms with E-state index >= 15 is 0 Å². The Kier molecular flexibility index (Phi) is 4.08. The lowest BCUT2D eigenvalue weighted by Crippen LogP contribution is -2.42. The van der Waals surface area contributed by atoms with Crippen LogP contribution < -0.4 is 0 Å². The van der Waals surface area contributed by atoms with Crippen LogP contribution in [0.3, 0.4) is 0 Å². The highest BCUT2D eigenvalue weighted by Gasteiger charge is 2.42. The maximum atomic E-state index is 11.4. The van der Waals surface area contributed by atoms with Gasteiger partial charge in [0.2, 0.25) is 0 Å². The SMILES string of the molecule is COC(=O)C1CCCC(O)C1C(=O)OC. The summed E-state index contributed by atoms with van der Waals surface area (Å²) in [4.78, 5) is 22.8. The van der Waals surface area contributed by atoms with Crippen LogP contribution in [0.5, 0.6) is 0 Å². The Balaban J connectivity index is 2.81. The monoisotopic (exact) mass is 216 g/mol. The molecule has 0 radical (unpaired) electrons. The summed E-state index contributed by atoms with van der Waals surface area (Å²) in [5.41, 5.74) is 0. The summed E-state index contributed by atoms with van der Waals surface area (Å²) in [7, 11) is 2.52. The molecule has 3 atom stereocenters. The summed E-state index contributed by atoms with van der Waals surface area (Å²) in [6, 6.07) is 0. The Morgan fingerprint density at radius 2 is 1.73 bits per heavy atom. The second-order valence-corrected chi connectivity index (χ2v) is 3.68. The molecule has 5 heteroatoms. The van der Waals surface area contributed by atoms with Gasteiger partial charge in [0.25, 0.3) is 0 Å². The summed E-state index contributed by atoms with van der Waals surface area (Å²) in [6.45, 7) is 0. The number of hydrogen-bond donors (Lipinski definition) is 1. The van der Waals surface area contributed by atoms with Crippen molar-refractivity contribution in [2.45, 2.75) is 25.4 Å². The Morgan fingerprint density at radius 1 is 1.13 bits per heavy atom. The van der Waals surface area contributed by atoms with Gasteiger partial charge in [0.15, 0.2) is 0 Å². The molecule has 0 aliphatic heterocycles. The number of aliphatic hydroxyl groups is 1. The molecular formula is C10H16O5. The lowest BCUT2D eigenvalue weighted by Gasteiger charge is -2.31. The minimum atomic E-state index is -0.810. The van der Waals surface area contributed by atoms with Gasteiger partial charge in [0.1, 0.15) is 0 Å². The minimum absolute atomic E-state index is 0.454. The number of ether oxygens (including phenoxy) is 2. The van der Waals surface area contributed by atoms with Crippen molar-refractivity contribution >= 4 is 11.9 Å². The number of carbonyl (C=O) groups is 2. The average Bonchev–Trinajstić information content (AvgIpc) is 2.26. The van der Waals surface area contributed by atoms with Gasteiger partial charge < -0.3 is 14.6 Å². The van der Waals surface area contributed by atoms with Gasteiger partial charge in [-0.25, -0.2) is 0 Å². The van der Waals surface area contributed by atoms with E-state index < -0.39 is 29.9 Å². The number of esters is 2. The van der Waals surface area contributed by atoms with Gasteiger partial charge in [0.05, 0.1) is 32.2 Å². The second-order valence-electron chi connectivity index (χ2n) is 3.68. The van der Waals surface area contributed by atoms with Crippen LogP contribution in [-0.4, -0.2) is 37.4 Å². The molecule has 1 N–H and O–H groups in total. The fourth-order valence-electron chi connectivity index (χ4n) is 2.05. The van der Waals surface area contributed by atoms with Crippen molar-refractivity contribution in [1.29, 1.82) is 0 Å². The van der Waals surface area contributed by atoms with Crippen LogP contribution in [-0.2, 0) is 19.1 Å². The molecule has 0 saturated heterocycles. The minimum Gasteiger partial charge on any atom is -0.469 e. The highest BCUT2D eigenvalue weighted by Crippen LogP contribution is 2.32. The molecule has 0 spiro atoms. The number of carbonyl (C=O) groups excluding carboxylic acids is 2. The zero-order valence-corrected chi connectivity index (χ0v) is 8.93. The van der Waals surface area contributed by atoms with Crippen molar-refractivity contribution < 1.29 is 24.2 Å². The average molecular weight is 216 g/mol. The van der Waals surface area contributed by atoms with E-state index in [0.29, 0.717) is 19.3 Å². The zero-order valence-electron chi connectivity index (χ0n) is 8.93. The standard InChI is InChI=1S/C10H16O5/c1-14-9(12)6-4-3-5-7(11)8(6)10(13)15-2/h6-8,11H,3-5H2,1-2H3. The topological polar surface area (TPSA) is 72.8 Å². The largest absolute Gasteiger partial charge is 0.469 e. The predicted octanol–water partition coefficient (Wildman–Crippen LogP) is 0.110. The van der Waals surface area contributed by atoms with Gasteiger partial charge in [0, 0.05) is 0 Å². The van der Waals surface area contributed by atoms with Crippen molar-refractivity contribution in [3.05, 3.63) is 0 Å². The molecular weight excluding hydrogens is 200 g/mol. The van der Waals surface area contributed by atoms with E-state index in [1.54, 1.807) is 0 Å². The molecule has 1 saturated carbocycles. The molecule has 0 bridgehead atoms. The van der Waals surface area contributed by atoms with E-state index in [2.05, 4.69) is 9.47 Å². The summed E-state index contributed by atoms with van der Waals surface area (Å²) in [6.07, 6.45) is 0.987. The first kappa shape index (κ1) is 12.0. The van der Waals surface area contributed by atoms with Crippen LogP contribution in [0.15, 0.2) is 0 Å². The van der Waals surface area contributed by atoms with E-state index in [1.807, 2.05) is 0 Å². The van der Waals surface area contributed by atoms with Crippen LogP contribution in [0.2, 0.25) is 0 Å². The molecule has 3 unspecified atom stereocenters. The molecule has 5 nitrogen and oxygen atoms in total. The maximum absolute atomic E-state index is 11.4. The highest BCUT2D eigenvalue weighted by atomic mass is 16.5. The number of methoxy groups -OCH3 is 2. The first-order chi connectivity index (χ1) is 7.11. The van der Waals surface area contributed by atoms with Crippen LogP contribution in [0, 0.1) is 11.8 Å². The smallest absolute Gasteiger partial charge is 0.312 e. The summed E-state index contributed by atoms with van der Waals surface area (Å²) < 4.78 is 9.18. The van der Waals surface area contributed by atoms with Gasteiger partial charge in [-0.3, -0.25) is 9.59 Å². The third-order valence-electron chi connectivity index (χ3n) is 2.84. The van der Waals surface area contributed by atoms with Crippen LogP contribution >= 0.6 is 0 Å². The van der Waals surface area contributed by atoms with Gasteiger partial charge in [-0.05, 0) is 19.3 Å². The van der Waals surface area contributed by atoms with Crippen molar-refractivity contribution in [3.63, 3.8) is 0 Å². The van der Waals surface area contributed by atoms with E-state index in [-0.39, 0.29) is 0 Å². The van der Waals surface area contributed by atoms with Crippen LogP contribution in [0.1, 0.15) is 19.3 Å². The molecule has 1 fully saturated rings. The van der Waals surface area contributed by atoms with Crippen molar-refractivity contribution in [2.24, 2.45) is 11.8 Å². The Hall–Kier alpha value is -1.10. The van der Waals surface area contributed by atoms with Crippen LogP contribution in [0.4, 0.5) is 0 Å². The van der Waals surface area contributed by atoms with E-state index in [9.17, 15) is 14.7 Å². The summed E-state index contributed by atoms with van der Waals surface area (Å²) >= 11 is 0. The lowest BCUT2D eigenvalue weighted by molar-refractivity contribution is -0.165. The predicted molar refractivity (Wildman–Crippen MR) is 50.9 cm³/mol. The van der Waals surface area contributed by atoms with Gasteiger partial charge >= 0.3 is 11.9 Å². The molecule has 0 aromatic carbocycles. The Bertz CT molecular complexity index is 250. The van der Waals surface area contributed by atoms with E-state index in [0.717, 1.165) is 0 Å². The lowest BCUT2D eigenvalue weighted by atomic mass is 9.77. The van der Waals surface area contributed by atoms with E-state index in [4.69, 9.17) is 0 Å². The normalized spacial score (nSPS) is 30.7. The molecule has 1 aliphatic rings. The number of aliphatic hydroxyl groups excluding tert-OH is 1. The fraction of sp³-hybridized carbons (Fsp3) is 0.800. The molecule has 0 aromatic rings. The molecule has 1 aliphatic carbocycles.